The highest BCUT2D eigenvalue weighted by Gasteiger charge is 2.15. The van der Waals surface area contributed by atoms with Crippen LogP contribution in [0.5, 0.6) is 0 Å². The summed E-state index contributed by atoms with van der Waals surface area (Å²) in [6.45, 7) is 9.38. The lowest BCUT2D eigenvalue weighted by molar-refractivity contribution is -0.704. The van der Waals surface area contributed by atoms with Crippen LogP contribution in [0.1, 0.15) is 194 Å². The first-order chi connectivity index (χ1) is 18.3. The van der Waals surface area contributed by atoms with Crippen LogP contribution in [-0.2, 0) is 19.5 Å². The summed E-state index contributed by atoms with van der Waals surface area (Å²) in [5.41, 5.74) is 0. The summed E-state index contributed by atoms with van der Waals surface area (Å²) in [5, 5.41) is 0. The maximum Gasteiger partial charge on any atom is 0.256 e. The van der Waals surface area contributed by atoms with Gasteiger partial charge in [0.25, 0.3) is 5.82 Å². The van der Waals surface area contributed by atoms with Crippen LogP contribution in [-0.4, -0.2) is 4.57 Å². The van der Waals surface area contributed by atoms with E-state index in [4.69, 9.17) is 0 Å². The molecule has 37 heavy (non-hydrogen) atoms. The molecular weight excluding hydrogens is 448 g/mol. The van der Waals surface area contributed by atoms with E-state index >= 15 is 0 Å². The Morgan fingerprint density at radius 1 is 0.459 bits per heavy atom. The van der Waals surface area contributed by atoms with Gasteiger partial charge in [0.15, 0.2) is 0 Å². The zero-order chi connectivity index (χ0) is 26.7. The first-order valence-corrected chi connectivity index (χ1v) is 17.4. The smallest absolute Gasteiger partial charge is 0.234 e. The number of aryl methyl sites for hydroxylation is 2. The molecule has 0 unspecified atom stereocenters. The molecule has 0 radical (unpaired) electrons. The molecule has 1 heterocycles. The van der Waals surface area contributed by atoms with Gasteiger partial charge >= 0.3 is 0 Å². The summed E-state index contributed by atoms with van der Waals surface area (Å²) in [6.07, 6.45) is 43.1. The fourth-order valence-corrected chi connectivity index (χ4v) is 5.84. The third-order valence-corrected chi connectivity index (χ3v) is 8.32. The molecule has 0 amide bonds. The first-order valence-electron chi connectivity index (χ1n) is 17.4. The van der Waals surface area contributed by atoms with Gasteiger partial charge in [-0.05, 0) is 32.1 Å². The number of rotatable bonds is 29. The molecule has 0 saturated carbocycles. The summed E-state index contributed by atoms with van der Waals surface area (Å²) < 4.78 is 5.14. The highest BCUT2D eigenvalue weighted by molar-refractivity contribution is 4.84. The molecule has 0 aliphatic rings. The summed E-state index contributed by atoms with van der Waals surface area (Å²) in [7, 11) is 0. The molecule has 0 atom stereocenters. The minimum Gasteiger partial charge on any atom is -0.234 e. The van der Waals surface area contributed by atoms with Crippen molar-refractivity contribution >= 4 is 0 Å². The molecule has 218 valence electrons. The van der Waals surface area contributed by atoms with Crippen LogP contribution in [0, 0.1) is 0 Å². The van der Waals surface area contributed by atoms with E-state index in [-0.39, 0.29) is 0 Å². The van der Waals surface area contributed by atoms with E-state index < -0.39 is 0 Å². The molecule has 0 spiro atoms. The van der Waals surface area contributed by atoms with Crippen molar-refractivity contribution in [2.75, 3.05) is 0 Å². The Kier molecular flexibility index (Phi) is 24.8. The van der Waals surface area contributed by atoms with Crippen molar-refractivity contribution in [3.05, 3.63) is 18.2 Å². The molecule has 0 N–H and O–H groups in total. The summed E-state index contributed by atoms with van der Waals surface area (Å²) in [5.74, 6) is 1.57. The molecule has 0 aliphatic carbocycles. The van der Waals surface area contributed by atoms with Crippen molar-refractivity contribution in [3.8, 4) is 0 Å². The maximum atomic E-state index is 2.57. The van der Waals surface area contributed by atoms with Crippen LogP contribution >= 0.6 is 0 Å². The van der Waals surface area contributed by atoms with E-state index in [1.54, 1.807) is 5.82 Å². The summed E-state index contributed by atoms with van der Waals surface area (Å²) in [4.78, 5) is 0. The Bertz CT molecular complexity index is 576. The fourth-order valence-electron chi connectivity index (χ4n) is 5.84. The minimum absolute atomic E-state index is 1.22. The second-order valence-electron chi connectivity index (χ2n) is 12.0. The van der Waals surface area contributed by atoms with Crippen molar-refractivity contribution < 1.29 is 4.57 Å². The van der Waals surface area contributed by atoms with E-state index in [1.807, 2.05) is 0 Å². The van der Waals surface area contributed by atoms with Gasteiger partial charge in [0.05, 0.1) is 13.1 Å². The second-order valence-corrected chi connectivity index (χ2v) is 12.0. The Morgan fingerprint density at radius 3 is 1.24 bits per heavy atom. The zero-order valence-corrected chi connectivity index (χ0v) is 26.1. The molecule has 0 saturated heterocycles. The van der Waals surface area contributed by atoms with Gasteiger partial charge in [0.1, 0.15) is 12.4 Å². The van der Waals surface area contributed by atoms with Crippen molar-refractivity contribution in [3.63, 3.8) is 0 Å². The van der Waals surface area contributed by atoms with Crippen molar-refractivity contribution in [2.45, 2.75) is 207 Å². The second kappa shape index (κ2) is 26.8. The van der Waals surface area contributed by atoms with E-state index in [0.717, 1.165) is 0 Å². The van der Waals surface area contributed by atoms with Crippen LogP contribution in [0.2, 0.25) is 0 Å². The summed E-state index contributed by atoms with van der Waals surface area (Å²) in [6, 6.07) is 0. The molecule has 2 nitrogen and oxygen atoms in total. The lowest BCUT2D eigenvalue weighted by Crippen LogP contribution is -2.37. The number of imidazole rings is 1. The van der Waals surface area contributed by atoms with Gasteiger partial charge in [-0.3, -0.25) is 0 Å². The molecule has 0 aromatic carbocycles. The van der Waals surface area contributed by atoms with Crippen LogP contribution in [0.3, 0.4) is 0 Å². The maximum absolute atomic E-state index is 2.57. The van der Waals surface area contributed by atoms with Gasteiger partial charge in [-0.25, -0.2) is 9.13 Å². The predicted octanol–water partition coefficient (Wildman–Crippen LogP) is 11.5. The molecule has 1 rings (SSSR count). The minimum atomic E-state index is 1.22. The van der Waals surface area contributed by atoms with Gasteiger partial charge in [-0.2, -0.15) is 0 Å². The molecule has 1 aromatic rings. The monoisotopic (exact) mass is 518 g/mol. The average molecular weight is 518 g/mol. The third kappa shape index (κ3) is 19.9. The molecule has 2 heteroatoms. The largest absolute Gasteiger partial charge is 0.256 e. The van der Waals surface area contributed by atoms with E-state index in [0.29, 0.717) is 0 Å². The quantitative estimate of drug-likeness (QED) is 0.0737. The molecule has 1 aromatic heterocycles. The highest BCUT2D eigenvalue weighted by Crippen LogP contribution is 2.14. The van der Waals surface area contributed by atoms with Gasteiger partial charge in [0.2, 0.25) is 0 Å². The topological polar surface area (TPSA) is 8.81 Å². The first kappa shape index (κ1) is 34.2. The van der Waals surface area contributed by atoms with E-state index in [1.165, 1.54) is 186 Å². The van der Waals surface area contributed by atoms with Crippen molar-refractivity contribution in [1.29, 1.82) is 0 Å². The van der Waals surface area contributed by atoms with Crippen LogP contribution in [0.25, 0.3) is 0 Å². The number of hydrogen-bond acceptors (Lipinski definition) is 0. The van der Waals surface area contributed by atoms with Crippen molar-refractivity contribution in [2.24, 2.45) is 0 Å². The van der Waals surface area contributed by atoms with E-state index in [9.17, 15) is 0 Å². The highest BCUT2D eigenvalue weighted by atomic mass is 15.1. The fraction of sp³-hybridized carbons (Fsp3) is 0.914. The third-order valence-electron chi connectivity index (χ3n) is 8.32. The molecule has 0 aliphatic heterocycles. The lowest BCUT2D eigenvalue weighted by atomic mass is 10.0. The lowest BCUT2D eigenvalue weighted by Gasteiger charge is -2.06. The number of nitrogens with zero attached hydrogens (tertiary/aromatic N) is 2. The Balaban J connectivity index is 2.03. The van der Waals surface area contributed by atoms with Gasteiger partial charge in [-0.15, -0.1) is 0 Å². The van der Waals surface area contributed by atoms with Gasteiger partial charge in [-0.1, -0.05) is 156 Å². The average Bonchev–Trinajstić information content (AvgIpc) is 3.28. The van der Waals surface area contributed by atoms with Gasteiger partial charge in [0, 0.05) is 6.42 Å². The summed E-state index contributed by atoms with van der Waals surface area (Å²) >= 11 is 0. The Hall–Kier alpha value is -0.790. The zero-order valence-electron chi connectivity index (χ0n) is 26.1. The number of hydrogen-bond donors (Lipinski definition) is 0. The Labute approximate surface area is 234 Å². The van der Waals surface area contributed by atoms with E-state index in [2.05, 4.69) is 42.3 Å². The Morgan fingerprint density at radius 2 is 0.838 bits per heavy atom. The van der Waals surface area contributed by atoms with Crippen LogP contribution in [0.4, 0.5) is 0 Å². The van der Waals surface area contributed by atoms with Crippen molar-refractivity contribution in [1.82, 2.24) is 4.57 Å². The van der Waals surface area contributed by atoms with Crippen LogP contribution in [0.15, 0.2) is 12.4 Å². The predicted molar refractivity (Wildman–Crippen MR) is 165 cm³/mol. The molecule has 0 bridgehead atoms. The van der Waals surface area contributed by atoms with Crippen LogP contribution < -0.4 is 4.57 Å². The number of unbranched alkanes of at least 4 members (excludes halogenated alkanes) is 23. The standard InChI is InChI=1S/C35H69N2/c1-4-7-9-11-13-15-17-18-19-20-21-23-25-27-29-32-37-34-33-36(35(37)30-6-3)31-28-26-24-22-16-14-12-10-8-5-2/h33-34H,4-32H2,1-3H3/q+1. The molecule has 0 fully saturated rings. The SMILES string of the molecule is CCCCCCCCCCCCCCCCCn1cc[n+](CCCCCCCCCCCC)c1CCC. The number of aromatic nitrogens is 2. The normalized spacial score (nSPS) is 11.5. The van der Waals surface area contributed by atoms with Gasteiger partial charge < -0.3 is 0 Å². The molecular formula is C35H69N2+.